The summed E-state index contributed by atoms with van der Waals surface area (Å²) < 4.78 is 7.47. The first-order valence-electron chi connectivity index (χ1n) is 10.8. The van der Waals surface area contributed by atoms with Gasteiger partial charge in [-0.25, -0.2) is 0 Å². The number of hydrogen-bond acceptors (Lipinski definition) is 6. The molecule has 1 aliphatic rings. The summed E-state index contributed by atoms with van der Waals surface area (Å²) >= 11 is 3.54. The number of halogens is 1. The van der Waals surface area contributed by atoms with Gasteiger partial charge in [-0.1, -0.05) is 34.1 Å². The highest BCUT2D eigenvalue weighted by molar-refractivity contribution is 9.10. The van der Waals surface area contributed by atoms with Gasteiger partial charge in [-0.05, 0) is 48.9 Å². The largest absolute Gasteiger partial charge is 0.378 e. The SMILES string of the molecule is Cc1cc(Br)cc(-c2nn(-c3cc(N4CCOCC4)ccc3[N+](=O)[O-])c(=O)c3ccccc23)c1. The van der Waals surface area contributed by atoms with Crippen molar-refractivity contribution in [2.24, 2.45) is 0 Å². The lowest BCUT2D eigenvalue weighted by molar-refractivity contribution is -0.384. The molecule has 8 nitrogen and oxygen atoms in total. The molecular formula is C25H21BrN4O4. The van der Waals surface area contributed by atoms with Crippen molar-refractivity contribution in [2.75, 3.05) is 31.2 Å². The lowest BCUT2D eigenvalue weighted by Gasteiger charge is -2.29. The van der Waals surface area contributed by atoms with Gasteiger partial charge in [0.15, 0.2) is 0 Å². The van der Waals surface area contributed by atoms with Crippen molar-refractivity contribution in [2.45, 2.75) is 6.92 Å². The first-order chi connectivity index (χ1) is 16.4. The number of anilines is 1. The van der Waals surface area contributed by atoms with E-state index < -0.39 is 10.5 Å². The van der Waals surface area contributed by atoms with Gasteiger partial charge < -0.3 is 9.64 Å². The molecule has 3 aromatic carbocycles. The van der Waals surface area contributed by atoms with Gasteiger partial charge >= 0.3 is 0 Å². The highest BCUT2D eigenvalue weighted by atomic mass is 79.9. The minimum Gasteiger partial charge on any atom is -0.378 e. The second-order valence-corrected chi connectivity index (χ2v) is 9.07. The van der Waals surface area contributed by atoms with Crippen molar-refractivity contribution in [1.29, 1.82) is 0 Å². The molecule has 34 heavy (non-hydrogen) atoms. The molecule has 0 saturated carbocycles. The first-order valence-corrected chi connectivity index (χ1v) is 11.6. The molecular weight excluding hydrogens is 500 g/mol. The van der Waals surface area contributed by atoms with E-state index in [2.05, 4.69) is 25.9 Å². The Morgan fingerprint density at radius 2 is 1.76 bits per heavy atom. The van der Waals surface area contributed by atoms with Gasteiger partial charge in [-0.2, -0.15) is 9.78 Å². The number of rotatable bonds is 4. The maximum absolute atomic E-state index is 13.5. The molecule has 1 aliphatic heterocycles. The van der Waals surface area contributed by atoms with Gasteiger partial charge in [0.05, 0.1) is 29.2 Å². The minimum absolute atomic E-state index is 0.137. The third kappa shape index (κ3) is 4.08. The van der Waals surface area contributed by atoms with E-state index in [4.69, 9.17) is 4.74 Å². The molecule has 0 bridgehead atoms. The van der Waals surface area contributed by atoms with E-state index in [0.29, 0.717) is 42.8 Å². The van der Waals surface area contributed by atoms with Gasteiger partial charge in [0.1, 0.15) is 5.69 Å². The number of aryl methyl sites for hydroxylation is 1. The van der Waals surface area contributed by atoms with Gasteiger partial charge in [0, 0.05) is 40.3 Å². The number of morpholine rings is 1. The molecule has 0 N–H and O–H groups in total. The molecule has 0 spiro atoms. The van der Waals surface area contributed by atoms with Crippen LogP contribution in [0.15, 0.2) is 69.9 Å². The number of benzene rings is 3. The normalized spacial score (nSPS) is 13.9. The Morgan fingerprint density at radius 3 is 2.47 bits per heavy atom. The monoisotopic (exact) mass is 520 g/mol. The average molecular weight is 521 g/mol. The summed E-state index contributed by atoms with van der Waals surface area (Å²) in [4.78, 5) is 27.1. The Bertz CT molecular complexity index is 1460. The van der Waals surface area contributed by atoms with Gasteiger partial charge in [-0.15, -0.1) is 0 Å². The van der Waals surface area contributed by atoms with Crippen LogP contribution in [0.2, 0.25) is 0 Å². The van der Waals surface area contributed by atoms with Crippen molar-refractivity contribution < 1.29 is 9.66 Å². The minimum atomic E-state index is -0.481. The lowest BCUT2D eigenvalue weighted by atomic mass is 10.0. The van der Waals surface area contributed by atoms with Crippen LogP contribution in [0.1, 0.15) is 5.56 Å². The molecule has 9 heteroatoms. The van der Waals surface area contributed by atoms with Crippen LogP contribution < -0.4 is 10.5 Å². The van der Waals surface area contributed by atoms with Crippen LogP contribution in [0.3, 0.4) is 0 Å². The third-order valence-electron chi connectivity index (χ3n) is 5.88. The molecule has 1 fully saturated rings. The molecule has 0 atom stereocenters. The van der Waals surface area contributed by atoms with Crippen molar-refractivity contribution in [1.82, 2.24) is 9.78 Å². The summed E-state index contributed by atoms with van der Waals surface area (Å²) in [7, 11) is 0. The fourth-order valence-corrected chi connectivity index (χ4v) is 4.90. The Labute approximate surface area is 203 Å². The van der Waals surface area contributed by atoms with E-state index in [1.807, 2.05) is 37.3 Å². The Hall–Kier alpha value is -3.56. The Balaban J connectivity index is 1.80. The number of aromatic nitrogens is 2. The van der Waals surface area contributed by atoms with Crippen LogP contribution in [0.5, 0.6) is 0 Å². The molecule has 172 valence electrons. The molecule has 1 aromatic heterocycles. The van der Waals surface area contributed by atoms with Crippen LogP contribution in [0.25, 0.3) is 27.7 Å². The van der Waals surface area contributed by atoms with Crippen molar-refractivity contribution >= 4 is 38.1 Å². The van der Waals surface area contributed by atoms with E-state index in [9.17, 15) is 14.9 Å². The number of fused-ring (bicyclic) bond motifs is 1. The van der Waals surface area contributed by atoms with Gasteiger partial charge in [0.2, 0.25) is 0 Å². The maximum atomic E-state index is 13.5. The van der Waals surface area contributed by atoms with Crippen LogP contribution in [-0.2, 0) is 4.74 Å². The quantitative estimate of drug-likeness (QED) is 0.281. The summed E-state index contributed by atoms with van der Waals surface area (Å²) in [6.07, 6.45) is 0. The van der Waals surface area contributed by atoms with Crippen molar-refractivity contribution in [3.63, 3.8) is 0 Å². The fraction of sp³-hybridized carbons (Fsp3) is 0.200. The van der Waals surface area contributed by atoms with E-state index >= 15 is 0 Å². The number of nitro benzene ring substituents is 1. The first kappa shape index (κ1) is 22.2. The summed E-state index contributed by atoms with van der Waals surface area (Å²) in [5, 5.41) is 17.7. The lowest BCUT2D eigenvalue weighted by Crippen LogP contribution is -2.36. The summed E-state index contributed by atoms with van der Waals surface area (Å²) in [5.74, 6) is 0. The fourth-order valence-electron chi connectivity index (χ4n) is 4.29. The zero-order chi connectivity index (χ0) is 23.8. The molecule has 4 aromatic rings. The zero-order valence-electron chi connectivity index (χ0n) is 18.4. The summed E-state index contributed by atoms with van der Waals surface area (Å²) in [6.45, 7) is 4.46. The molecule has 2 heterocycles. The van der Waals surface area contributed by atoms with Gasteiger partial charge in [-0.3, -0.25) is 14.9 Å². The number of nitro groups is 1. The van der Waals surface area contributed by atoms with Gasteiger partial charge in [0.25, 0.3) is 11.2 Å². The van der Waals surface area contributed by atoms with Crippen LogP contribution >= 0.6 is 15.9 Å². The molecule has 0 radical (unpaired) electrons. The molecule has 0 amide bonds. The number of hydrogen-bond donors (Lipinski definition) is 0. The predicted molar refractivity (Wildman–Crippen MR) is 135 cm³/mol. The zero-order valence-corrected chi connectivity index (χ0v) is 20.0. The predicted octanol–water partition coefficient (Wildman–Crippen LogP) is 4.87. The van der Waals surface area contributed by atoms with E-state index in [1.165, 1.54) is 6.07 Å². The summed E-state index contributed by atoms with van der Waals surface area (Å²) in [6, 6.07) is 17.9. The van der Waals surface area contributed by atoms with E-state index in [1.54, 1.807) is 24.3 Å². The van der Waals surface area contributed by atoms with Crippen LogP contribution in [0, 0.1) is 17.0 Å². The molecule has 0 aliphatic carbocycles. The Morgan fingerprint density at radius 1 is 1.03 bits per heavy atom. The number of nitrogens with zero attached hydrogens (tertiary/aromatic N) is 4. The topological polar surface area (TPSA) is 90.5 Å². The molecule has 0 unspecified atom stereocenters. The number of ether oxygens (including phenoxy) is 1. The third-order valence-corrected chi connectivity index (χ3v) is 6.34. The average Bonchev–Trinajstić information content (AvgIpc) is 2.84. The maximum Gasteiger partial charge on any atom is 0.295 e. The second-order valence-electron chi connectivity index (χ2n) is 8.16. The van der Waals surface area contributed by atoms with E-state index in [-0.39, 0.29) is 11.4 Å². The molecule has 5 rings (SSSR count). The Kier molecular flexibility index (Phi) is 5.89. The highest BCUT2D eigenvalue weighted by Gasteiger charge is 2.23. The smallest absolute Gasteiger partial charge is 0.295 e. The summed E-state index contributed by atoms with van der Waals surface area (Å²) in [5.41, 5.74) is 2.73. The molecule has 1 saturated heterocycles. The van der Waals surface area contributed by atoms with Crippen molar-refractivity contribution in [3.8, 4) is 16.9 Å². The standard InChI is InChI=1S/C25H21BrN4O4/c1-16-12-17(14-18(26)13-16)24-20-4-2-3-5-21(20)25(31)29(27-24)23-15-19(6-7-22(23)30(32)33)28-8-10-34-11-9-28/h2-7,12-15H,8-11H2,1H3. The second kappa shape index (κ2) is 9.00. The van der Waals surface area contributed by atoms with Crippen molar-refractivity contribution in [3.05, 3.63) is 91.2 Å². The van der Waals surface area contributed by atoms with Crippen LogP contribution in [0.4, 0.5) is 11.4 Å². The van der Waals surface area contributed by atoms with Crippen LogP contribution in [-0.4, -0.2) is 41.0 Å². The van der Waals surface area contributed by atoms with E-state index in [0.717, 1.165) is 26.0 Å². The highest BCUT2D eigenvalue weighted by Crippen LogP contribution is 2.32.